The number of aromatic carboxylic acids is 1. The molecule has 0 radical (unpaired) electrons. The Labute approximate surface area is 101 Å². The van der Waals surface area contributed by atoms with Crippen LogP contribution in [-0.4, -0.2) is 35.8 Å². The van der Waals surface area contributed by atoms with Gasteiger partial charge in [0, 0.05) is 7.11 Å². The van der Waals surface area contributed by atoms with E-state index in [0.29, 0.717) is 18.1 Å². The number of nitrogens with one attached hydrogen (secondary N) is 1. The third-order valence-electron chi connectivity index (χ3n) is 2.53. The Morgan fingerprint density at radius 3 is 2.76 bits per heavy atom. The van der Waals surface area contributed by atoms with Crippen molar-refractivity contribution < 1.29 is 14.6 Å². The molecule has 2 N–H and O–H groups in total. The molecule has 5 nitrogen and oxygen atoms in total. The number of hydrogen-bond donors (Lipinski definition) is 2. The average Bonchev–Trinajstić information content (AvgIpc) is 2.28. The van der Waals surface area contributed by atoms with Crippen LogP contribution >= 0.6 is 0 Å². The molecule has 0 aromatic carbocycles. The lowest BCUT2D eigenvalue weighted by molar-refractivity contribution is 0.0695. The van der Waals surface area contributed by atoms with Gasteiger partial charge in [-0.1, -0.05) is 6.92 Å². The van der Waals surface area contributed by atoms with Gasteiger partial charge < -0.3 is 15.2 Å². The van der Waals surface area contributed by atoms with Crippen LogP contribution in [-0.2, 0) is 4.74 Å². The van der Waals surface area contributed by atoms with E-state index in [1.807, 2.05) is 0 Å². The molecule has 0 saturated heterocycles. The van der Waals surface area contributed by atoms with Crippen LogP contribution in [0.4, 0.5) is 5.82 Å². The minimum absolute atomic E-state index is 0.183. The average molecular weight is 238 g/mol. The highest BCUT2D eigenvalue weighted by atomic mass is 16.5. The van der Waals surface area contributed by atoms with Crippen LogP contribution in [0.1, 0.15) is 29.4 Å². The number of methoxy groups -OCH3 is 1. The number of aryl methyl sites for hydroxylation is 1. The number of hydrogen-bond acceptors (Lipinski definition) is 4. The monoisotopic (exact) mass is 238 g/mol. The van der Waals surface area contributed by atoms with Crippen molar-refractivity contribution in [1.82, 2.24) is 4.98 Å². The smallest absolute Gasteiger partial charge is 0.337 e. The SMILES string of the molecule is CCC(COC)Nc1ccc(C(=O)O)c(C)n1. The Bertz CT molecular complexity index is 393. The van der Waals surface area contributed by atoms with Gasteiger partial charge in [-0.05, 0) is 25.5 Å². The number of rotatable bonds is 6. The van der Waals surface area contributed by atoms with Crippen LogP contribution in [0, 0.1) is 6.92 Å². The van der Waals surface area contributed by atoms with Crippen LogP contribution in [0.15, 0.2) is 12.1 Å². The fourth-order valence-corrected chi connectivity index (χ4v) is 1.54. The summed E-state index contributed by atoms with van der Waals surface area (Å²) in [4.78, 5) is 15.1. The lowest BCUT2D eigenvalue weighted by Gasteiger charge is -2.17. The maximum absolute atomic E-state index is 10.8. The zero-order chi connectivity index (χ0) is 12.8. The molecule has 1 aromatic heterocycles. The van der Waals surface area contributed by atoms with Crippen LogP contribution in [0.5, 0.6) is 0 Å². The Morgan fingerprint density at radius 1 is 1.59 bits per heavy atom. The molecule has 0 aliphatic carbocycles. The highest BCUT2D eigenvalue weighted by Gasteiger charge is 2.10. The molecule has 1 rings (SSSR count). The van der Waals surface area contributed by atoms with Crippen molar-refractivity contribution in [1.29, 1.82) is 0 Å². The topological polar surface area (TPSA) is 71.5 Å². The molecule has 0 amide bonds. The molecular weight excluding hydrogens is 220 g/mol. The van der Waals surface area contributed by atoms with Gasteiger partial charge in [0.15, 0.2) is 0 Å². The molecule has 1 aromatic rings. The van der Waals surface area contributed by atoms with Gasteiger partial charge in [0.2, 0.25) is 0 Å². The lowest BCUT2D eigenvalue weighted by Crippen LogP contribution is -2.24. The summed E-state index contributed by atoms with van der Waals surface area (Å²) in [6.45, 7) is 4.33. The Balaban J connectivity index is 2.79. The molecule has 94 valence electrons. The number of aromatic nitrogens is 1. The zero-order valence-corrected chi connectivity index (χ0v) is 10.4. The summed E-state index contributed by atoms with van der Waals surface area (Å²) in [5.74, 6) is -0.276. The Hall–Kier alpha value is -1.62. The Morgan fingerprint density at radius 2 is 2.29 bits per heavy atom. The first-order chi connectivity index (χ1) is 8.08. The van der Waals surface area contributed by atoms with E-state index < -0.39 is 5.97 Å². The van der Waals surface area contributed by atoms with Crippen molar-refractivity contribution >= 4 is 11.8 Å². The summed E-state index contributed by atoms with van der Waals surface area (Å²) in [6.07, 6.45) is 0.912. The quantitative estimate of drug-likeness (QED) is 0.792. The van der Waals surface area contributed by atoms with E-state index in [2.05, 4.69) is 17.2 Å². The van der Waals surface area contributed by atoms with Gasteiger partial charge in [0.25, 0.3) is 0 Å². The van der Waals surface area contributed by atoms with E-state index in [4.69, 9.17) is 9.84 Å². The Kier molecular flexibility index (Phi) is 4.90. The third kappa shape index (κ3) is 3.71. The number of anilines is 1. The normalized spacial score (nSPS) is 12.2. The molecule has 1 unspecified atom stereocenters. The van der Waals surface area contributed by atoms with E-state index >= 15 is 0 Å². The van der Waals surface area contributed by atoms with Gasteiger partial charge in [0.1, 0.15) is 5.82 Å². The molecule has 5 heteroatoms. The summed E-state index contributed by atoms with van der Waals surface area (Å²) in [7, 11) is 1.65. The van der Waals surface area contributed by atoms with E-state index in [1.165, 1.54) is 0 Å². The molecule has 1 atom stereocenters. The van der Waals surface area contributed by atoms with Gasteiger partial charge in [-0.15, -0.1) is 0 Å². The number of nitrogens with zero attached hydrogens (tertiary/aromatic N) is 1. The second kappa shape index (κ2) is 6.20. The minimum atomic E-state index is -0.953. The van der Waals surface area contributed by atoms with Gasteiger partial charge >= 0.3 is 5.97 Å². The van der Waals surface area contributed by atoms with Crippen molar-refractivity contribution in [2.24, 2.45) is 0 Å². The molecule has 0 aliphatic heterocycles. The standard InChI is InChI=1S/C12H18N2O3/c1-4-9(7-17-3)14-11-6-5-10(12(15)16)8(2)13-11/h5-6,9H,4,7H2,1-3H3,(H,13,14)(H,15,16). The number of carboxylic acids is 1. The largest absolute Gasteiger partial charge is 0.478 e. The molecule has 0 fully saturated rings. The fraction of sp³-hybridized carbons (Fsp3) is 0.500. The van der Waals surface area contributed by atoms with Gasteiger partial charge in [-0.3, -0.25) is 0 Å². The van der Waals surface area contributed by atoms with Crippen molar-refractivity contribution in [2.75, 3.05) is 19.0 Å². The van der Waals surface area contributed by atoms with Crippen LogP contribution in [0.2, 0.25) is 0 Å². The van der Waals surface area contributed by atoms with E-state index in [0.717, 1.165) is 6.42 Å². The summed E-state index contributed by atoms with van der Waals surface area (Å²) in [5, 5.41) is 12.1. The second-order valence-electron chi connectivity index (χ2n) is 3.84. The van der Waals surface area contributed by atoms with Crippen LogP contribution in [0.3, 0.4) is 0 Å². The van der Waals surface area contributed by atoms with Crippen LogP contribution < -0.4 is 5.32 Å². The number of ether oxygens (including phenoxy) is 1. The van der Waals surface area contributed by atoms with E-state index in [9.17, 15) is 4.79 Å². The van der Waals surface area contributed by atoms with Crippen molar-refractivity contribution in [2.45, 2.75) is 26.3 Å². The maximum atomic E-state index is 10.8. The summed E-state index contributed by atoms with van der Waals surface area (Å²) in [5.41, 5.74) is 0.741. The molecule has 1 heterocycles. The predicted octanol–water partition coefficient (Wildman–Crippen LogP) is 1.93. The molecule has 0 saturated carbocycles. The summed E-state index contributed by atoms with van der Waals surface area (Å²) < 4.78 is 5.07. The zero-order valence-electron chi connectivity index (χ0n) is 10.4. The second-order valence-corrected chi connectivity index (χ2v) is 3.84. The molecule has 0 bridgehead atoms. The summed E-state index contributed by atoms with van der Waals surface area (Å²) in [6, 6.07) is 3.42. The first kappa shape index (κ1) is 13.4. The molecule has 0 spiro atoms. The summed E-state index contributed by atoms with van der Waals surface area (Å²) >= 11 is 0. The highest BCUT2D eigenvalue weighted by Crippen LogP contribution is 2.12. The van der Waals surface area contributed by atoms with Gasteiger partial charge in [-0.2, -0.15) is 0 Å². The highest BCUT2D eigenvalue weighted by molar-refractivity contribution is 5.89. The number of pyridine rings is 1. The van der Waals surface area contributed by atoms with Crippen molar-refractivity contribution in [3.8, 4) is 0 Å². The fourth-order valence-electron chi connectivity index (χ4n) is 1.54. The number of carbonyl (C=O) groups is 1. The first-order valence-electron chi connectivity index (χ1n) is 5.54. The maximum Gasteiger partial charge on any atom is 0.337 e. The van der Waals surface area contributed by atoms with Gasteiger partial charge in [-0.25, -0.2) is 9.78 Å². The first-order valence-corrected chi connectivity index (χ1v) is 5.54. The predicted molar refractivity (Wildman–Crippen MR) is 65.5 cm³/mol. The lowest BCUT2D eigenvalue weighted by atomic mass is 10.2. The molecule has 0 aliphatic rings. The van der Waals surface area contributed by atoms with Crippen LogP contribution in [0.25, 0.3) is 0 Å². The molecular formula is C12H18N2O3. The van der Waals surface area contributed by atoms with Gasteiger partial charge in [0.05, 0.1) is 23.9 Å². The van der Waals surface area contributed by atoms with Crippen molar-refractivity contribution in [3.63, 3.8) is 0 Å². The minimum Gasteiger partial charge on any atom is -0.478 e. The molecule has 17 heavy (non-hydrogen) atoms. The van der Waals surface area contributed by atoms with E-state index in [-0.39, 0.29) is 11.6 Å². The number of carboxylic acid groups (broad SMARTS) is 1. The third-order valence-corrected chi connectivity index (χ3v) is 2.53. The van der Waals surface area contributed by atoms with Crippen molar-refractivity contribution in [3.05, 3.63) is 23.4 Å². The van der Waals surface area contributed by atoms with E-state index in [1.54, 1.807) is 26.2 Å².